The number of aromatic nitrogens is 2. The highest BCUT2D eigenvalue weighted by Crippen LogP contribution is 2.24. The Hall–Kier alpha value is -1.47. The quantitative estimate of drug-likeness (QED) is 0.586. The maximum atomic E-state index is 14.1. The number of hydrazine groups is 1. The van der Waals surface area contributed by atoms with Crippen molar-refractivity contribution in [3.8, 4) is 0 Å². The van der Waals surface area contributed by atoms with Crippen LogP contribution < -0.4 is 16.2 Å². The van der Waals surface area contributed by atoms with Gasteiger partial charge in [-0.2, -0.15) is 4.39 Å². The van der Waals surface area contributed by atoms with Crippen molar-refractivity contribution in [2.24, 2.45) is 5.84 Å². The molecule has 1 aromatic rings. The Labute approximate surface area is 106 Å². The lowest BCUT2D eigenvalue weighted by atomic mass is 10.2. The fourth-order valence-corrected chi connectivity index (χ4v) is 2.09. The van der Waals surface area contributed by atoms with Crippen molar-refractivity contribution in [2.75, 3.05) is 37.0 Å². The molecular formula is C11H19FN6. The van der Waals surface area contributed by atoms with E-state index in [4.69, 9.17) is 5.84 Å². The van der Waals surface area contributed by atoms with Gasteiger partial charge >= 0.3 is 0 Å². The lowest BCUT2D eigenvalue weighted by molar-refractivity contribution is 0.232. The van der Waals surface area contributed by atoms with Crippen LogP contribution in [0.1, 0.15) is 12.7 Å². The number of halogens is 1. The first-order valence-electron chi connectivity index (χ1n) is 5.99. The van der Waals surface area contributed by atoms with Gasteiger partial charge in [-0.25, -0.2) is 15.8 Å². The van der Waals surface area contributed by atoms with Crippen LogP contribution in [0.3, 0.4) is 0 Å². The molecule has 3 N–H and O–H groups in total. The van der Waals surface area contributed by atoms with Gasteiger partial charge in [-0.1, -0.05) is 0 Å². The van der Waals surface area contributed by atoms with Gasteiger partial charge in [0.05, 0.1) is 0 Å². The molecule has 7 heteroatoms. The Balaban J connectivity index is 2.30. The van der Waals surface area contributed by atoms with Crippen molar-refractivity contribution in [1.82, 2.24) is 14.9 Å². The molecule has 0 aliphatic carbocycles. The summed E-state index contributed by atoms with van der Waals surface area (Å²) in [6.07, 6.45) is 0. The molecule has 1 saturated heterocycles. The van der Waals surface area contributed by atoms with Gasteiger partial charge in [-0.05, 0) is 20.9 Å². The van der Waals surface area contributed by atoms with E-state index in [1.165, 1.54) is 0 Å². The smallest absolute Gasteiger partial charge is 0.209 e. The lowest BCUT2D eigenvalue weighted by Crippen LogP contribution is -2.50. The number of nitrogens with one attached hydrogen (secondary N) is 1. The molecule has 1 aliphatic rings. The third-order valence-corrected chi connectivity index (χ3v) is 3.34. The molecule has 1 atom stereocenters. The second kappa shape index (κ2) is 5.03. The van der Waals surface area contributed by atoms with Crippen molar-refractivity contribution < 1.29 is 4.39 Å². The molecule has 100 valence electrons. The monoisotopic (exact) mass is 254 g/mol. The Morgan fingerprint density at radius 2 is 2.11 bits per heavy atom. The predicted molar refractivity (Wildman–Crippen MR) is 68.8 cm³/mol. The van der Waals surface area contributed by atoms with E-state index in [1.54, 1.807) is 6.92 Å². The number of anilines is 2. The molecule has 1 aliphatic heterocycles. The van der Waals surface area contributed by atoms with E-state index in [-0.39, 0.29) is 5.82 Å². The van der Waals surface area contributed by atoms with Gasteiger partial charge in [-0.3, -0.25) is 0 Å². The summed E-state index contributed by atoms with van der Waals surface area (Å²) >= 11 is 0. The molecule has 6 nitrogen and oxygen atoms in total. The Kier molecular flexibility index (Phi) is 3.63. The van der Waals surface area contributed by atoms with Crippen molar-refractivity contribution in [3.05, 3.63) is 11.6 Å². The van der Waals surface area contributed by atoms with Crippen molar-refractivity contribution >= 4 is 11.6 Å². The first-order chi connectivity index (χ1) is 8.52. The highest BCUT2D eigenvalue weighted by atomic mass is 19.1. The van der Waals surface area contributed by atoms with Gasteiger partial charge in [0.2, 0.25) is 5.82 Å². The molecule has 2 rings (SSSR count). The number of aryl methyl sites for hydroxylation is 1. The predicted octanol–water partition coefficient (Wildman–Crippen LogP) is 0.350. The molecule has 0 amide bonds. The van der Waals surface area contributed by atoms with Crippen molar-refractivity contribution in [3.63, 3.8) is 0 Å². The summed E-state index contributed by atoms with van der Waals surface area (Å²) in [5.74, 6) is 5.65. The van der Waals surface area contributed by atoms with Gasteiger partial charge < -0.3 is 15.2 Å². The first-order valence-corrected chi connectivity index (χ1v) is 5.99. The molecule has 1 fully saturated rings. The van der Waals surface area contributed by atoms with Crippen LogP contribution in [0.5, 0.6) is 0 Å². The third-order valence-electron chi connectivity index (χ3n) is 3.34. The Bertz CT molecular complexity index is 438. The summed E-state index contributed by atoms with van der Waals surface area (Å²) < 4.78 is 14.1. The minimum atomic E-state index is -0.486. The summed E-state index contributed by atoms with van der Waals surface area (Å²) in [5.41, 5.74) is 2.27. The van der Waals surface area contributed by atoms with E-state index < -0.39 is 5.82 Å². The molecule has 1 aromatic heterocycles. The van der Waals surface area contributed by atoms with Crippen LogP contribution in [0.2, 0.25) is 0 Å². The van der Waals surface area contributed by atoms with Crippen LogP contribution in [0.4, 0.5) is 16.0 Å². The molecular weight excluding hydrogens is 235 g/mol. The van der Waals surface area contributed by atoms with Gasteiger partial charge in [0, 0.05) is 25.7 Å². The lowest BCUT2D eigenvalue weighted by Gasteiger charge is -2.38. The number of likely N-dealkylation sites (N-methyl/N-ethyl adjacent to an activating group) is 1. The average molecular weight is 254 g/mol. The summed E-state index contributed by atoms with van der Waals surface area (Å²) in [6.45, 7) is 6.21. The zero-order chi connectivity index (χ0) is 13.3. The van der Waals surface area contributed by atoms with E-state index in [9.17, 15) is 4.39 Å². The summed E-state index contributed by atoms with van der Waals surface area (Å²) in [7, 11) is 2.07. The van der Waals surface area contributed by atoms with Gasteiger partial charge in [0.15, 0.2) is 11.6 Å². The Morgan fingerprint density at radius 1 is 1.39 bits per heavy atom. The van der Waals surface area contributed by atoms with Crippen LogP contribution in [-0.2, 0) is 0 Å². The molecule has 0 spiro atoms. The maximum Gasteiger partial charge on any atom is 0.209 e. The standard InChI is InChI=1S/C11H19FN6/c1-7-6-18(5-4-17(7)3)11-9(12)10(16-13)14-8(2)15-11/h7H,4-6,13H2,1-3H3,(H,14,15,16)/t7-/m0/s1. The number of hydrogen-bond acceptors (Lipinski definition) is 6. The average Bonchev–Trinajstić information content (AvgIpc) is 2.35. The fourth-order valence-electron chi connectivity index (χ4n) is 2.09. The Morgan fingerprint density at radius 3 is 2.72 bits per heavy atom. The van der Waals surface area contributed by atoms with E-state index in [1.807, 2.05) is 4.90 Å². The van der Waals surface area contributed by atoms with Crippen molar-refractivity contribution in [2.45, 2.75) is 19.9 Å². The summed E-state index contributed by atoms with van der Waals surface area (Å²) in [6, 6.07) is 0.364. The normalized spacial score (nSPS) is 21.2. The second-order valence-corrected chi connectivity index (χ2v) is 4.68. The summed E-state index contributed by atoms with van der Waals surface area (Å²) in [4.78, 5) is 12.3. The molecule has 18 heavy (non-hydrogen) atoms. The largest absolute Gasteiger partial charge is 0.351 e. The minimum absolute atomic E-state index is 0.0454. The zero-order valence-corrected chi connectivity index (χ0v) is 10.9. The molecule has 0 saturated carbocycles. The van der Waals surface area contributed by atoms with Crippen LogP contribution in [-0.4, -0.2) is 47.6 Å². The van der Waals surface area contributed by atoms with E-state index >= 15 is 0 Å². The molecule has 0 unspecified atom stereocenters. The second-order valence-electron chi connectivity index (χ2n) is 4.68. The maximum absolute atomic E-state index is 14.1. The van der Waals surface area contributed by atoms with Crippen LogP contribution in [0.15, 0.2) is 0 Å². The molecule has 0 aromatic carbocycles. The highest BCUT2D eigenvalue weighted by molar-refractivity contribution is 5.51. The topological polar surface area (TPSA) is 70.3 Å². The van der Waals surface area contributed by atoms with Gasteiger partial charge in [0.25, 0.3) is 0 Å². The van der Waals surface area contributed by atoms with E-state index in [0.29, 0.717) is 17.7 Å². The number of piperazine rings is 1. The SMILES string of the molecule is Cc1nc(NN)c(F)c(N2CCN(C)[C@@H](C)C2)n1. The van der Waals surface area contributed by atoms with Gasteiger partial charge in [0.1, 0.15) is 5.82 Å². The minimum Gasteiger partial charge on any atom is -0.351 e. The van der Waals surface area contributed by atoms with Gasteiger partial charge in [-0.15, -0.1) is 0 Å². The van der Waals surface area contributed by atoms with E-state index in [2.05, 4.69) is 34.3 Å². The number of nitrogens with zero attached hydrogens (tertiary/aromatic N) is 4. The van der Waals surface area contributed by atoms with Crippen LogP contribution in [0.25, 0.3) is 0 Å². The van der Waals surface area contributed by atoms with Crippen LogP contribution >= 0.6 is 0 Å². The zero-order valence-electron chi connectivity index (χ0n) is 10.9. The van der Waals surface area contributed by atoms with E-state index in [0.717, 1.165) is 19.6 Å². The van der Waals surface area contributed by atoms with Crippen molar-refractivity contribution in [1.29, 1.82) is 0 Å². The highest BCUT2D eigenvalue weighted by Gasteiger charge is 2.25. The number of rotatable bonds is 2. The number of nitrogen functional groups attached to an aromatic ring is 1. The summed E-state index contributed by atoms with van der Waals surface area (Å²) in [5, 5.41) is 0. The molecule has 2 heterocycles. The number of nitrogens with two attached hydrogens (primary N) is 1. The molecule has 0 bridgehead atoms. The first kappa shape index (κ1) is 13.0. The fraction of sp³-hybridized carbons (Fsp3) is 0.636. The van der Waals surface area contributed by atoms with Crippen LogP contribution in [0, 0.1) is 12.7 Å². The third kappa shape index (κ3) is 2.37. The molecule has 0 radical (unpaired) electrons. The number of hydrogen-bond donors (Lipinski definition) is 2.